The van der Waals surface area contributed by atoms with Crippen LogP contribution in [0.15, 0.2) is 22.7 Å². The standard InChI is InChI=1S/C14H19BrN2O3/c1-19-14(18)13(16)8-10-2-3-11(9-12(10)15)17-4-6-20-7-5-17/h2-3,9,13H,4-8,16H2,1H3. The number of morpholine rings is 1. The molecule has 0 amide bonds. The Hall–Kier alpha value is -1.11. The number of hydrogen-bond acceptors (Lipinski definition) is 5. The highest BCUT2D eigenvalue weighted by Gasteiger charge is 2.17. The molecule has 6 heteroatoms. The molecular weight excluding hydrogens is 324 g/mol. The lowest BCUT2D eigenvalue weighted by Crippen LogP contribution is -2.36. The van der Waals surface area contributed by atoms with Gasteiger partial charge in [-0.15, -0.1) is 0 Å². The van der Waals surface area contributed by atoms with Crippen LogP contribution >= 0.6 is 15.9 Å². The van der Waals surface area contributed by atoms with Crippen molar-refractivity contribution in [1.29, 1.82) is 0 Å². The number of nitrogens with two attached hydrogens (primary N) is 1. The quantitative estimate of drug-likeness (QED) is 0.836. The molecule has 0 radical (unpaired) electrons. The van der Waals surface area contributed by atoms with Crippen molar-refractivity contribution in [2.45, 2.75) is 12.5 Å². The first-order valence-corrected chi connectivity index (χ1v) is 7.35. The number of benzene rings is 1. The van der Waals surface area contributed by atoms with Gasteiger partial charge in [0, 0.05) is 23.2 Å². The largest absolute Gasteiger partial charge is 0.468 e. The van der Waals surface area contributed by atoms with Crippen LogP contribution in [0.25, 0.3) is 0 Å². The maximum atomic E-state index is 11.4. The Labute approximate surface area is 127 Å². The number of halogens is 1. The second-order valence-corrected chi connectivity index (χ2v) is 5.56. The molecule has 1 aliphatic rings. The van der Waals surface area contributed by atoms with Gasteiger partial charge in [0.2, 0.25) is 0 Å². The molecule has 1 aliphatic heterocycles. The molecule has 1 fully saturated rings. The molecular formula is C14H19BrN2O3. The summed E-state index contributed by atoms with van der Waals surface area (Å²) in [6.07, 6.45) is 0.455. The zero-order valence-electron chi connectivity index (χ0n) is 11.5. The van der Waals surface area contributed by atoms with Crippen molar-refractivity contribution in [3.63, 3.8) is 0 Å². The van der Waals surface area contributed by atoms with E-state index in [2.05, 4.69) is 37.7 Å². The zero-order valence-corrected chi connectivity index (χ0v) is 13.1. The molecule has 1 saturated heterocycles. The molecule has 1 heterocycles. The highest BCUT2D eigenvalue weighted by atomic mass is 79.9. The van der Waals surface area contributed by atoms with Crippen LogP contribution in [0, 0.1) is 0 Å². The van der Waals surface area contributed by atoms with Crippen LogP contribution in [0.2, 0.25) is 0 Å². The van der Waals surface area contributed by atoms with Gasteiger partial charge in [0.1, 0.15) is 6.04 Å². The molecule has 0 aliphatic carbocycles. The Morgan fingerprint density at radius 3 is 2.80 bits per heavy atom. The lowest BCUT2D eigenvalue weighted by atomic mass is 10.1. The normalized spacial score (nSPS) is 16.9. The van der Waals surface area contributed by atoms with Gasteiger partial charge in [-0.25, -0.2) is 0 Å². The van der Waals surface area contributed by atoms with E-state index in [0.29, 0.717) is 6.42 Å². The summed E-state index contributed by atoms with van der Waals surface area (Å²) in [5.41, 5.74) is 7.94. The molecule has 110 valence electrons. The first-order chi connectivity index (χ1) is 9.61. The van der Waals surface area contributed by atoms with Crippen LogP contribution < -0.4 is 10.6 Å². The average Bonchev–Trinajstić information content (AvgIpc) is 2.49. The molecule has 1 aromatic rings. The maximum Gasteiger partial charge on any atom is 0.322 e. The summed E-state index contributed by atoms with van der Waals surface area (Å²) in [4.78, 5) is 13.6. The number of anilines is 1. The summed E-state index contributed by atoms with van der Waals surface area (Å²) >= 11 is 3.55. The van der Waals surface area contributed by atoms with E-state index in [-0.39, 0.29) is 0 Å². The first kappa shape index (κ1) is 15.3. The third kappa shape index (κ3) is 3.71. The Kier molecular flexibility index (Phi) is 5.39. The van der Waals surface area contributed by atoms with Gasteiger partial charge in [0.25, 0.3) is 0 Å². The van der Waals surface area contributed by atoms with Gasteiger partial charge in [0.05, 0.1) is 20.3 Å². The van der Waals surface area contributed by atoms with E-state index < -0.39 is 12.0 Å². The van der Waals surface area contributed by atoms with Crippen molar-refractivity contribution in [3.8, 4) is 0 Å². The van der Waals surface area contributed by atoms with Gasteiger partial charge >= 0.3 is 5.97 Å². The molecule has 0 spiro atoms. The molecule has 1 aromatic carbocycles. The molecule has 1 unspecified atom stereocenters. The summed E-state index contributed by atoms with van der Waals surface area (Å²) < 4.78 is 10.9. The fourth-order valence-electron chi connectivity index (χ4n) is 2.19. The van der Waals surface area contributed by atoms with Crippen molar-refractivity contribution in [3.05, 3.63) is 28.2 Å². The zero-order chi connectivity index (χ0) is 14.5. The van der Waals surface area contributed by atoms with E-state index in [4.69, 9.17) is 10.5 Å². The second-order valence-electron chi connectivity index (χ2n) is 4.71. The van der Waals surface area contributed by atoms with E-state index in [9.17, 15) is 4.79 Å². The maximum absolute atomic E-state index is 11.4. The van der Waals surface area contributed by atoms with Crippen LogP contribution in [0.3, 0.4) is 0 Å². The molecule has 0 saturated carbocycles. The summed E-state index contributed by atoms with van der Waals surface area (Å²) in [6, 6.07) is 5.48. The van der Waals surface area contributed by atoms with Crippen molar-refractivity contribution in [2.24, 2.45) is 5.73 Å². The van der Waals surface area contributed by atoms with E-state index in [0.717, 1.165) is 42.0 Å². The number of esters is 1. The third-order valence-corrected chi connectivity index (χ3v) is 4.09. The number of hydrogen-bond donors (Lipinski definition) is 1. The number of carbonyl (C=O) groups excluding carboxylic acids is 1. The highest BCUT2D eigenvalue weighted by Crippen LogP contribution is 2.25. The van der Waals surface area contributed by atoms with Gasteiger partial charge in [-0.1, -0.05) is 22.0 Å². The summed E-state index contributed by atoms with van der Waals surface area (Å²) in [5, 5.41) is 0. The summed E-state index contributed by atoms with van der Waals surface area (Å²) in [5.74, 6) is -0.394. The Morgan fingerprint density at radius 2 is 2.20 bits per heavy atom. The van der Waals surface area contributed by atoms with Gasteiger partial charge in [-0.3, -0.25) is 4.79 Å². The fraction of sp³-hybridized carbons (Fsp3) is 0.500. The smallest absolute Gasteiger partial charge is 0.322 e. The minimum absolute atomic E-state index is 0.394. The molecule has 2 rings (SSSR count). The van der Waals surface area contributed by atoms with Crippen molar-refractivity contribution < 1.29 is 14.3 Å². The first-order valence-electron chi connectivity index (χ1n) is 6.56. The Balaban J connectivity index is 2.07. The lowest BCUT2D eigenvalue weighted by Gasteiger charge is -2.29. The van der Waals surface area contributed by atoms with Crippen LogP contribution in [-0.4, -0.2) is 45.4 Å². The van der Waals surface area contributed by atoms with E-state index in [1.807, 2.05) is 6.07 Å². The van der Waals surface area contributed by atoms with Crippen LogP contribution in [-0.2, 0) is 20.7 Å². The van der Waals surface area contributed by atoms with Crippen LogP contribution in [0.1, 0.15) is 5.56 Å². The van der Waals surface area contributed by atoms with E-state index in [1.54, 1.807) is 0 Å². The van der Waals surface area contributed by atoms with Crippen molar-refractivity contribution in [2.75, 3.05) is 38.3 Å². The predicted molar refractivity (Wildman–Crippen MR) is 80.9 cm³/mol. The lowest BCUT2D eigenvalue weighted by molar-refractivity contribution is -0.142. The van der Waals surface area contributed by atoms with Gasteiger partial charge in [-0.2, -0.15) is 0 Å². The topological polar surface area (TPSA) is 64.8 Å². The monoisotopic (exact) mass is 342 g/mol. The fourth-order valence-corrected chi connectivity index (χ4v) is 2.72. The minimum atomic E-state index is -0.634. The molecule has 2 N–H and O–H groups in total. The SMILES string of the molecule is COC(=O)C(N)Cc1ccc(N2CCOCC2)cc1Br. The molecule has 20 heavy (non-hydrogen) atoms. The van der Waals surface area contributed by atoms with Crippen molar-refractivity contribution in [1.82, 2.24) is 0 Å². The second kappa shape index (κ2) is 7.06. The van der Waals surface area contributed by atoms with Gasteiger partial charge in [0.15, 0.2) is 0 Å². The highest BCUT2D eigenvalue weighted by molar-refractivity contribution is 9.10. The molecule has 0 aromatic heterocycles. The molecule has 5 nitrogen and oxygen atoms in total. The molecule has 1 atom stereocenters. The number of ether oxygens (including phenoxy) is 2. The summed E-state index contributed by atoms with van der Waals surface area (Å²) in [7, 11) is 1.35. The average molecular weight is 343 g/mol. The van der Waals surface area contributed by atoms with Crippen LogP contribution in [0.5, 0.6) is 0 Å². The summed E-state index contributed by atoms with van der Waals surface area (Å²) in [6.45, 7) is 3.31. The number of rotatable bonds is 4. The van der Waals surface area contributed by atoms with Crippen molar-refractivity contribution >= 4 is 27.6 Å². The van der Waals surface area contributed by atoms with Gasteiger partial charge in [-0.05, 0) is 24.1 Å². The third-order valence-electron chi connectivity index (χ3n) is 3.36. The number of carbonyl (C=O) groups is 1. The Bertz CT molecular complexity index is 475. The number of nitrogens with zero attached hydrogens (tertiary/aromatic N) is 1. The Morgan fingerprint density at radius 1 is 1.50 bits per heavy atom. The minimum Gasteiger partial charge on any atom is -0.468 e. The van der Waals surface area contributed by atoms with Crippen LogP contribution in [0.4, 0.5) is 5.69 Å². The van der Waals surface area contributed by atoms with E-state index in [1.165, 1.54) is 7.11 Å². The number of methoxy groups -OCH3 is 1. The van der Waals surface area contributed by atoms with Gasteiger partial charge < -0.3 is 20.1 Å². The molecule has 0 bridgehead atoms. The van der Waals surface area contributed by atoms with E-state index >= 15 is 0 Å². The predicted octanol–water partition coefficient (Wildman–Crippen LogP) is 1.33.